The molecule has 0 aromatic heterocycles. The van der Waals surface area contributed by atoms with Crippen LogP contribution >= 0.6 is 0 Å². The summed E-state index contributed by atoms with van der Waals surface area (Å²) in [5.74, 6) is -0.680. The highest BCUT2D eigenvalue weighted by atomic mass is 16.6. The van der Waals surface area contributed by atoms with Crippen molar-refractivity contribution in [3.8, 4) is 0 Å². The van der Waals surface area contributed by atoms with Crippen LogP contribution in [-0.2, 0) is 14.3 Å². The fourth-order valence-electron chi connectivity index (χ4n) is 1.63. The molecule has 1 aliphatic heterocycles. The molecule has 0 saturated carbocycles. The van der Waals surface area contributed by atoms with Gasteiger partial charge in [0.25, 0.3) is 11.8 Å². The van der Waals surface area contributed by atoms with Crippen molar-refractivity contribution in [1.82, 2.24) is 9.80 Å². The van der Waals surface area contributed by atoms with Crippen LogP contribution in [0.3, 0.4) is 0 Å². The van der Waals surface area contributed by atoms with Crippen LogP contribution in [0.4, 0.5) is 4.79 Å². The minimum absolute atomic E-state index is 0.0511. The summed E-state index contributed by atoms with van der Waals surface area (Å²) in [6, 6.07) is -0.0511. The van der Waals surface area contributed by atoms with Gasteiger partial charge in [-0.1, -0.05) is 0 Å². The first-order valence-corrected chi connectivity index (χ1v) is 5.94. The third-order valence-electron chi connectivity index (χ3n) is 2.59. The van der Waals surface area contributed by atoms with E-state index in [0.717, 1.165) is 4.90 Å². The van der Waals surface area contributed by atoms with Crippen LogP contribution in [0.25, 0.3) is 0 Å². The van der Waals surface area contributed by atoms with Crippen molar-refractivity contribution in [1.29, 1.82) is 0 Å². The minimum atomic E-state index is -0.431. The van der Waals surface area contributed by atoms with E-state index in [2.05, 4.69) is 0 Å². The molecule has 0 radical (unpaired) electrons. The molecule has 6 heteroatoms. The van der Waals surface area contributed by atoms with E-state index in [0.29, 0.717) is 6.61 Å². The molecule has 0 aromatic carbocycles. The van der Waals surface area contributed by atoms with Crippen molar-refractivity contribution >= 4 is 17.9 Å². The Bertz CT molecular complexity index is 358. The van der Waals surface area contributed by atoms with Crippen LogP contribution < -0.4 is 0 Å². The van der Waals surface area contributed by atoms with Gasteiger partial charge in [-0.25, -0.2) is 4.79 Å². The van der Waals surface area contributed by atoms with Crippen molar-refractivity contribution in [2.24, 2.45) is 0 Å². The summed E-state index contributed by atoms with van der Waals surface area (Å²) < 4.78 is 4.92. The summed E-state index contributed by atoms with van der Waals surface area (Å²) in [6.07, 6.45) is 2.03. The normalized spacial score (nSPS) is 14.6. The SMILES string of the molecule is CCOC(=O)N(CCN1C(=O)C=CC1=O)C(C)C. The summed E-state index contributed by atoms with van der Waals surface area (Å²) in [7, 11) is 0. The second kappa shape index (κ2) is 6.18. The highest BCUT2D eigenvalue weighted by Gasteiger charge is 2.25. The molecule has 0 unspecified atom stereocenters. The van der Waals surface area contributed by atoms with E-state index in [1.54, 1.807) is 6.92 Å². The first kappa shape index (κ1) is 14.2. The highest BCUT2D eigenvalue weighted by Crippen LogP contribution is 2.06. The van der Waals surface area contributed by atoms with Crippen LogP contribution in [-0.4, -0.2) is 53.4 Å². The van der Waals surface area contributed by atoms with Crippen molar-refractivity contribution in [2.45, 2.75) is 26.8 Å². The van der Waals surface area contributed by atoms with Gasteiger partial charge in [-0.2, -0.15) is 0 Å². The Morgan fingerprint density at radius 2 is 1.89 bits per heavy atom. The van der Waals surface area contributed by atoms with Gasteiger partial charge in [0.15, 0.2) is 0 Å². The summed E-state index contributed by atoms with van der Waals surface area (Å²) in [5, 5.41) is 0. The average Bonchev–Trinajstić information content (AvgIpc) is 2.60. The molecule has 0 spiro atoms. The fraction of sp³-hybridized carbons (Fsp3) is 0.583. The predicted octanol–water partition coefficient (Wildman–Crippen LogP) is 0.778. The number of ether oxygens (including phenoxy) is 1. The molecule has 3 amide bonds. The Morgan fingerprint density at radius 1 is 1.33 bits per heavy atom. The highest BCUT2D eigenvalue weighted by molar-refractivity contribution is 6.12. The van der Waals surface area contributed by atoms with Gasteiger partial charge in [-0.3, -0.25) is 14.5 Å². The number of imide groups is 1. The van der Waals surface area contributed by atoms with E-state index >= 15 is 0 Å². The molecule has 18 heavy (non-hydrogen) atoms. The lowest BCUT2D eigenvalue weighted by molar-refractivity contribution is -0.137. The molecule has 100 valence electrons. The maximum Gasteiger partial charge on any atom is 0.410 e. The monoisotopic (exact) mass is 254 g/mol. The van der Waals surface area contributed by atoms with Gasteiger partial charge in [-0.15, -0.1) is 0 Å². The Kier molecular flexibility index (Phi) is 4.88. The molecule has 0 bridgehead atoms. The molecule has 6 nitrogen and oxygen atoms in total. The maximum atomic E-state index is 11.7. The summed E-state index contributed by atoms with van der Waals surface area (Å²) in [4.78, 5) is 36.9. The fourth-order valence-corrected chi connectivity index (χ4v) is 1.63. The quantitative estimate of drug-likeness (QED) is 0.680. The predicted molar refractivity (Wildman–Crippen MR) is 64.7 cm³/mol. The van der Waals surface area contributed by atoms with E-state index in [1.165, 1.54) is 17.1 Å². The summed E-state index contributed by atoms with van der Waals surface area (Å²) >= 11 is 0. The zero-order valence-corrected chi connectivity index (χ0v) is 10.9. The second-order valence-electron chi connectivity index (χ2n) is 4.15. The zero-order chi connectivity index (χ0) is 13.7. The maximum absolute atomic E-state index is 11.7. The molecular weight excluding hydrogens is 236 g/mol. The Balaban J connectivity index is 2.55. The third kappa shape index (κ3) is 3.32. The molecule has 0 aromatic rings. The number of carbonyl (C=O) groups is 3. The number of nitrogens with zero attached hydrogens (tertiary/aromatic N) is 2. The molecule has 1 heterocycles. The lowest BCUT2D eigenvalue weighted by Crippen LogP contribution is -2.44. The Labute approximate surface area is 106 Å². The van der Waals surface area contributed by atoms with Crippen LogP contribution in [0.15, 0.2) is 12.2 Å². The number of hydrogen-bond donors (Lipinski definition) is 0. The molecule has 1 aliphatic rings. The van der Waals surface area contributed by atoms with Crippen molar-refractivity contribution in [3.05, 3.63) is 12.2 Å². The van der Waals surface area contributed by atoms with Crippen LogP contribution in [0, 0.1) is 0 Å². The van der Waals surface area contributed by atoms with Crippen molar-refractivity contribution in [2.75, 3.05) is 19.7 Å². The number of hydrogen-bond acceptors (Lipinski definition) is 4. The first-order valence-electron chi connectivity index (χ1n) is 5.94. The van der Waals surface area contributed by atoms with E-state index in [9.17, 15) is 14.4 Å². The van der Waals surface area contributed by atoms with Crippen molar-refractivity contribution < 1.29 is 19.1 Å². The molecule has 0 aliphatic carbocycles. The van der Waals surface area contributed by atoms with E-state index in [4.69, 9.17) is 4.74 Å². The van der Waals surface area contributed by atoms with Crippen LogP contribution in [0.1, 0.15) is 20.8 Å². The first-order chi connectivity index (χ1) is 8.47. The van der Waals surface area contributed by atoms with Gasteiger partial charge < -0.3 is 9.64 Å². The van der Waals surface area contributed by atoms with Gasteiger partial charge in [0.1, 0.15) is 0 Å². The topological polar surface area (TPSA) is 66.9 Å². The number of amides is 3. The van der Waals surface area contributed by atoms with Gasteiger partial charge in [0, 0.05) is 31.3 Å². The van der Waals surface area contributed by atoms with Crippen LogP contribution in [0.2, 0.25) is 0 Å². The Morgan fingerprint density at radius 3 is 2.33 bits per heavy atom. The average molecular weight is 254 g/mol. The lowest BCUT2D eigenvalue weighted by Gasteiger charge is -2.27. The molecule has 0 fully saturated rings. The smallest absolute Gasteiger partial charge is 0.410 e. The van der Waals surface area contributed by atoms with Gasteiger partial charge in [0.05, 0.1) is 6.61 Å². The largest absolute Gasteiger partial charge is 0.450 e. The van der Waals surface area contributed by atoms with E-state index in [-0.39, 0.29) is 30.9 Å². The molecule has 1 rings (SSSR count). The summed E-state index contributed by atoms with van der Waals surface area (Å²) in [5.41, 5.74) is 0. The Hall–Kier alpha value is -1.85. The van der Waals surface area contributed by atoms with Crippen molar-refractivity contribution in [3.63, 3.8) is 0 Å². The van der Waals surface area contributed by atoms with Gasteiger partial charge in [0.2, 0.25) is 0 Å². The third-order valence-corrected chi connectivity index (χ3v) is 2.59. The van der Waals surface area contributed by atoms with Gasteiger partial charge in [-0.05, 0) is 20.8 Å². The molecule has 0 atom stereocenters. The van der Waals surface area contributed by atoms with E-state index in [1.807, 2.05) is 13.8 Å². The van der Waals surface area contributed by atoms with E-state index < -0.39 is 6.09 Å². The number of carbonyl (C=O) groups excluding carboxylic acids is 3. The van der Waals surface area contributed by atoms with Crippen LogP contribution in [0.5, 0.6) is 0 Å². The molecular formula is C12H18N2O4. The minimum Gasteiger partial charge on any atom is -0.450 e. The standard InChI is InChI=1S/C12H18N2O4/c1-4-18-12(17)13(9(2)3)7-8-14-10(15)5-6-11(14)16/h5-6,9H,4,7-8H2,1-3H3. The second-order valence-corrected chi connectivity index (χ2v) is 4.15. The molecule has 0 N–H and O–H groups in total. The lowest BCUT2D eigenvalue weighted by atomic mass is 10.3. The van der Waals surface area contributed by atoms with Gasteiger partial charge >= 0.3 is 6.09 Å². The number of rotatable bonds is 5. The summed E-state index contributed by atoms with van der Waals surface area (Å²) in [6.45, 7) is 6.18. The zero-order valence-electron chi connectivity index (χ0n) is 10.9. The molecule has 0 saturated heterocycles.